The van der Waals surface area contributed by atoms with E-state index >= 15 is 0 Å². The molecule has 0 saturated heterocycles. The van der Waals surface area contributed by atoms with E-state index < -0.39 is 0 Å². The summed E-state index contributed by atoms with van der Waals surface area (Å²) in [5.74, 6) is 0. The van der Waals surface area contributed by atoms with Gasteiger partial charge in [0, 0.05) is 9.38 Å². The predicted molar refractivity (Wildman–Crippen MR) is 51.7 cm³/mol. The Morgan fingerprint density at radius 2 is 2.33 bits per heavy atom. The second-order valence-corrected chi connectivity index (χ2v) is 3.28. The minimum absolute atomic E-state index is 0.407. The molecule has 1 aromatic carbocycles. The molecular weight excluding hydrogens is 218 g/mol. The van der Waals surface area contributed by atoms with Crippen LogP contribution in [0.15, 0.2) is 27.8 Å². The fraction of sp³-hybridized carbons (Fsp3) is 0.250. The summed E-state index contributed by atoms with van der Waals surface area (Å²) in [4.78, 5) is 2.72. The van der Waals surface area contributed by atoms with Gasteiger partial charge < -0.3 is 0 Å². The third-order valence-corrected chi connectivity index (χ3v) is 2.39. The molecule has 62 valence electrons. The molecule has 3 nitrogen and oxygen atoms in total. The van der Waals surface area contributed by atoms with Crippen molar-refractivity contribution in [2.24, 2.45) is 5.11 Å². The topological polar surface area (TPSA) is 48.8 Å². The number of aryl methyl sites for hydroxylation is 1. The van der Waals surface area contributed by atoms with Gasteiger partial charge in [-0.25, -0.2) is 0 Å². The molecule has 0 aromatic heterocycles. The average Bonchev–Trinajstić information content (AvgIpc) is 2.04. The molecule has 1 rings (SSSR count). The van der Waals surface area contributed by atoms with Crippen molar-refractivity contribution in [1.82, 2.24) is 0 Å². The highest BCUT2D eigenvalue weighted by Crippen LogP contribution is 2.20. The van der Waals surface area contributed by atoms with E-state index in [0.717, 1.165) is 15.6 Å². The predicted octanol–water partition coefficient (Wildman–Crippen LogP) is 3.57. The Morgan fingerprint density at radius 3 is 2.92 bits per heavy atom. The van der Waals surface area contributed by atoms with Gasteiger partial charge in [-0.1, -0.05) is 33.2 Å². The second kappa shape index (κ2) is 4.14. The van der Waals surface area contributed by atoms with E-state index in [1.165, 1.54) is 0 Å². The Labute approximate surface area is 79.2 Å². The zero-order valence-corrected chi connectivity index (χ0v) is 8.24. The molecule has 0 heterocycles. The molecule has 0 unspecified atom stereocenters. The molecule has 0 saturated carbocycles. The largest absolute Gasteiger partial charge is 0.0892 e. The van der Waals surface area contributed by atoms with Gasteiger partial charge in [-0.15, -0.1) is 0 Å². The quantitative estimate of drug-likeness (QED) is 0.420. The number of hydrogen-bond acceptors (Lipinski definition) is 1. The van der Waals surface area contributed by atoms with Crippen molar-refractivity contribution in [3.05, 3.63) is 44.2 Å². The zero-order valence-electron chi connectivity index (χ0n) is 6.66. The van der Waals surface area contributed by atoms with Crippen molar-refractivity contribution in [2.75, 3.05) is 0 Å². The monoisotopic (exact) mass is 225 g/mol. The molecule has 4 heteroatoms. The number of benzene rings is 1. The smallest absolute Gasteiger partial charge is 0.0524 e. The number of azide groups is 1. The highest BCUT2D eigenvalue weighted by Gasteiger charge is 2.00. The number of nitrogens with zero attached hydrogens (tertiary/aromatic N) is 3. The molecule has 0 N–H and O–H groups in total. The second-order valence-electron chi connectivity index (χ2n) is 2.42. The first-order chi connectivity index (χ1) is 5.75. The van der Waals surface area contributed by atoms with Gasteiger partial charge in [0.2, 0.25) is 0 Å². The van der Waals surface area contributed by atoms with E-state index in [9.17, 15) is 0 Å². The summed E-state index contributed by atoms with van der Waals surface area (Å²) in [6.45, 7) is 2.40. The lowest BCUT2D eigenvalue weighted by atomic mass is 10.1. The van der Waals surface area contributed by atoms with Crippen molar-refractivity contribution in [3.8, 4) is 0 Å². The van der Waals surface area contributed by atoms with Gasteiger partial charge in [0.25, 0.3) is 0 Å². The van der Waals surface area contributed by atoms with Crippen molar-refractivity contribution in [2.45, 2.75) is 13.5 Å². The molecule has 0 aliphatic carbocycles. The Balaban J connectivity index is 3.03. The standard InChI is InChI=1S/C8H8BrN3/c1-6-3-2-4-8(9)7(6)5-11-12-10/h2-4H,5H2,1H3. The maximum absolute atomic E-state index is 8.15. The molecule has 0 aliphatic heterocycles. The van der Waals surface area contributed by atoms with Gasteiger partial charge in [-0.05, 0) is 29.6 Å². The lowest BCUT2D eigenvalue weighted by Gasteiger charge is -2.03. The minimum Gasteiger partial charge on any atom is -0.0892 e. The van der Waals surface area contributed by atoms with Gasteiger partial charge in [-0.3, -0.25) is 0 Å². The highest BCUT2D eigenvalue weighted by molar-refractivity contribution is 9.10. The van der Waals surface area contributed by atoms with Gasteiger partial charge >= 0.3 is 0 Å². The Morgan fingerprint density at radius 1 is 1.58 bits per heavy atom. The van der Waals surface area contributed by atoms with Crippen molar-refractivity contribution in [1.29, 1.82) is 0 Å². The molecule has 0 fully saturated rings. The van der Waals surface area contributed by atoms with Crippen LogP contribution in [0.1, 0.15) is 11.1 Å². The third-order valence-electron chi connectivity index (χ3n) is 1.65. The van der Waals surface area contributed by atoms with Crippen LogP contribution in [0.3, 0.4) is 0 Å². The fourth-order valence-electron chi connectivity index (χ4n) is 0.969. The zero-order chi connectivity index (χ0) is 8.97. The fourth-order valence-corrected chi connectivity index (χ4v) is 1.56. The van der Waals surface area contributed by atoms with E-state index in [4.69, 9.17) is 5.53 Å². The number of rotatable bonds is 2. The summed E-state index contributed by atoms with van der Waals surface area (Å²) < 4.78 is 0.995. The Bertz CT molecular complexity index is 309. The van der Waals surface area contributed by atoms with E-state index in [0.29, 0.717) is 6.54 Å². The van der Waals surface area contributed by atoms with Gasteiger partial charge in [-0.2, -0.15) is 0 Å². The molecule has 0 aliphatic rings. The van der Waals surface area contributed by atoms with Gasteiger partial charge in [0.1, 0.15) is 0 Å². The first-order valence-corrected chi connectivity index (χ1v) is 4.30. The van der Waals surface area contributed by atoms with Crippen molar-refractivity contribution >= 4 is 15.9 Å². The van der Waals surface area contributed by atoms with Crippen LogP contribution >= 0.6 is 15.9 Å². The molecule has 0 spiro atoms. The molecule has 12 heavy (non-hydrogen) atoms. The SMILES string of the molecule is Cc1cccc(Br)c1CN=[N+]=[N-]. The lowest BCUT2D eigenvalue weighted by molar-refractivity contribution is 1.02. The Hall–Kier alpha value is -0.990. The molecule has 0 atom stereocenters. The van der Waals surface area contributed by atoms with Crippen molar-refractivity contribution in [3.63, 3.8) is 0 Å². The minimum atomic E-state index is 0.407. The summed E-state index contributed by atoms with van der Waals surface area (Å²) in [5.41, 5.74) is 10.3. The van der Waals surface area contributed by atoms with E-state index in [2.05, 4.69) is 26.0 Å². The van der Waals surface area contributed by atoms with Crippen LogP contribution in [0.5, 0.6) is 0 Å². The summed E-state index contributed by atoms with van der Waals surface area (Å²) in [5, 5.41) is 3.51. The van der Waals surface area contributed by atoms with Crippen LogP contribution in [0.2, 0.25) is 0 Å². The lowest BCUT2D eigenvalue weighted by Crippen LogP contribution is -1.87. The van der Waals surface area contributed by atoms with Crippen LogP contribution in [-0.4, -0.2) is 0 Å². The number of halogens is 1. The molecule has 1 aromatic rings. The Kier molecular flexibility index (Phi) is 3.14. The summed E-state index contributed by atoms with van der Waals surface area (Å²) in [6, 6.07) is 5.89. The average molecular weight is 226 g/mol. The highest BCUT2D eigenvalue weighted by atomic mass is 79.9. The first kappa shape index (κ1) is 9.10. The number of hydrogen-bond donors (Lipinski definition) is 0. The maximum atomic E-state index is 8.15. The van der Waals surface area contributed by atoms with Crippen LogP contribution in [0, 0.1) is 6.92 Å². The summed E-state index contributed by atoms with van der Waals surface area (Å²) >= 11 is 3.39. The maximum Gasteiger partial charge on any atom is 0.0524 e. The third kappa shape index (κ3) is 2.00. The van der Waals surface area contributed by atoms with Crippen LogP contribution in [0.4, 0.5) is 0 Å². The van der Waals surface area contributed by atoms with E-state index in [1.807, 2.05) is 25.1 Å². The van der Waals surface area contributed by atoms with Crippen molar-refractivity contribution < 1.29 is 0 Å². The van der Waals surface area contributed by atoms with Crippen LogP contribution in [-0.2, 0) is 6.54 Å². The first-order valence-electron chi connectivity index (χ1n) is 3.50. The molecule has 0 radical (unpaired) electrons. The van der Waals surface area contributed by atoms with Crippen LogP contribution in [0.25, 0.3) is 10.4 Å². The van der Waals surface area contributed by atoms with Crippen LogP contribution < -0.4 is 0 Å². The van der Waals surface area contributed by atoms with Gasteiger partial charge in [0.05, 0.1) is 6.54 Å². The molecule has 0 amide bonds. The summed E-state index contributed by atoms with van der Waals surface area (Å²) in [7, 11) is 0. The summed E-state index contributed by atoms with van der Waals surface area (Å²) in [6.07, 6.45) is 0. The van der Waals surface area contributed by atoms with E-state index in [-0.39, 0.29) is 0 Å². The normalized spacial score (nSPS) is 9.17. The molecular formula is C8H8BrN3. The molecule has 0 bridgehead atoms. The van der Waals surface area contributed by atoms with E-state index in [1.54, 1.807) is 0 Å². The van der Waals surface area contributed by atoms with Gasteiger partial charge in [0.15, 0.2) is 0 Å².